The van der Waals surface area contributed by atoms with Gasteiger partial charge in [-0.05, 0) is 28.8 Å². The second-order valence-corrected chi connectivity index (χ2v) is 8.44. The van der Waals surface area contributed by atoms with Crippen LogP contribution in [0, 0.1) is 0 Å². The molecule has 37 heavy (non-hydrogen) atoms. The Morgan fingerprint density at radius 2 is 1.65 bits per heavy atom. The zero-order valence-electron chi connectivity index (χ0n) is 20.0. The Morgan fingerprint density at radius 3 is 2.32 bits per heavy atom. The molecule has 4 aromatic rings. The van der Waals surface area contributed by atoms with Crippen LogP contribution in [-0.4, -0.2) is 27.4 Å². The maximum atomic E-state index is 13.3. The van der Waals surface area contributed by atoms with Crippen molar-refractivity contribution in [1.82, 2.24) is 19.7 Å². The number of pyridine rings is 1. The summed E-state index contributed by atoms with van der Waals surface area (Å²) in [5, 5.41) is 7.00. The third kappa shape index (κ3) is 6.53. The summed E-state index contributed by atoms with van der Waals surface area (Å²) in [6.45, 7) is 0.603. The van der Waals surface area contributed by atoms with Crippen molar-refractivity contribution < 1.29 is 22.7 Å². The smallest absolute Gasteiger partial charge is 0.378 e. The maximum Gasteiger partial charge on any atom is 0.416 e. The van der Waals surface area contributed by atoms with Crippen LogP contribution in [0.25, 0.3) is 0 Å². The Morgan fingerprint density at radius 1 is 0.973 bits per heavy atom. The van der Waals surface area contributed by atoms with Crippen molar-refractivity contribution in [2.45, 2.75) is 32.4 Å². The molecule has 7 nitrogen and oxygen atoms in total. The van der Waals surface area contributed by atoms with Crippen molar-refractivity contribution in [2.24, 2.45) is 0 Å². The number of nitrogens with one attached hydrogen (secondary N) is 1. The number of ether oxygens (including phenoxy) is 1. The second kappa shape index (κ2) is 11.3. The van der Waals surface area contributed by atoms with Crippen LogP contribution in [0.15, 0.2) is 83.9 Å². The summed E-state index contributed by atoms with van der Waals surface area (Å²) in [5.74, 6) is -0.543. The molecular formula is C27H25F3N4O3. The van der Waals surface area contributed by atoms with Gasteiger partial charge >= 0.3 is 6.18 Å². The van der Waals surface area contributed by atoms with Gasteiger partial charge in [-0.25, -0.2) is 0 Å². The fraction of sp³-hybridized carbons (Fsp3) is 0.222. The van der Waals surface area contributed by atoms with Gasteiger partial charge in [-0.15, -0.1) is 0 Å². The molecule has 0 aliphatic heterocycles. The topological polar surface area (TPSA) is 78.2 Å². The zero-order valence-corrected chi connectivity index (χ0v) is 20.0. The van der Waals surface area contributed by atoms with Crippen LogP contribution in [-0.2, 0) is 37.2 Å². The van der Waals surface area contributed by atoms with Crippen LogP contribution >= 0.6 is 0 Å². The molecule has 0 aliphatic rings. The minimum Gasteiger partial charge on any atom is -0.378 e. The first-order chi connectivity index (χ1) is 17.7. The summed E-state index contributed by atoms with van der Waals surface area (Å²) < 4.78 is 48.1. The number of amides is 1. The quantitative estimate of drug-likeness (QED) is 0.366. The van der Waals surface area contributed by atoms with Crippen LogP contribution in [0.1, 0.15) is 38.3 Å². The predicted molar refractivity (Wildman–Crippen MR) is 131 cm³/mol. The lowest BCUT2D eigenvalue weighted by Crippen LogP contribution is -2.25. The fourth-order valence-corrected chi connectivity index (χ4v) is 3.92. The number of alkyl halides is 3. The minimum atomic E-state index is -4.51. The molecule has 2 aromatic carbocycles. The van der Waals surface area contributed by atoms with Gasteiger partial charge < -0.3 is 14.6 Å². The number of carbonyl (C=O) groups excluding carboxylic acids is 1. The van der Waals surface area contributed by atoms with Gasteiger partial charge in [0.1, 0.15) is 5.69 Å². The van der Waals surface area contributed by atoms with Gasteiger partial charge in [0.05, 0.1) is 30.8 Å². The van der Waals surface area contributed by atoms with Gasteiger partial charge in [0.15, 0.2) is 0 Å². The first-order valence-corrected chi connectivity index (χ1v) is 11.5. The van der Waals surface area contributed by atoms with E-state index in [1.165, 1.54) is 31.4 Å². The minimum absolute atomic E-state index is 0.0260. The summed E-state index contributed by atoms with van der Waals surface area (Å²) >= 11 is 0. The first kappa shape index (κ1) is 25.9. The van der Waals surface area contributed by atoms with Crippen molar-refractivity contribution in [2.75, 3.05) is 7.11 Å². The van der Waals surface area contributed by atoms with Crippen LogP contribution in [0.4, 0.5) is 13.2 Å². The molecule has 0 spiro atoms. The monoisotopic (exact) mass is 510 g/mol. The summed E-state index contributed by atoms with van der Waals surface area (Å²) in [5.41, 5.74) is 1.58. The lowest BCUT2D eigenvalue weighted by Gasteiger charge is -2.13. The van der Waals surface area contributed by atoms with E-state index >= 15 is 0 Å². The molecule has 1 amide bonds. The Bertz CT molecular complexity index is 1430. The third-order valence-corrected chi connectivity index (χ3v) is 5.75. The van der Waals surface area contributed by atoms with Crippen molar-refractivity contribution in [3.63, 3.8) is 0 Å². The van der Waals surface area contributed by atoms with E-state index in [4.69, 9.17) is 4.74 Å². The van der Waals surface area contributed by atoms with E-state index in [0.717, 1.165) is 17.2 Å². The van der Waals surface area contributed by atoms with Crippen molar-refractivity contribution in [1.29, 1.82) is 0 Å². The molecular weight excluding hydrogens is 485 g/mol. The predicted octanol–water partition coefficient (Wildman–Crippen LogP) is 4.24. The number of halogens is 3. The molecule has 0 unspecified atom stereocenters. The van der Waals surface area contributed by atoms with E-state index in [1.54, 1.807) is 33.8 Å². The van der Waals surface area contributed by atoms with Crippen LogP contribution in [0.5, 0.6) is 0 Å². The molecule has 2 aromatic heterocycles. The van der Waals surface area contributed by atoms with E-state index in [1.807, 2.05) is 24.3 Å². The normalized spacial score (nSPS) is 11.5. The highest BCUT2D eigenvalue weighted by Gasteiger charge is 2.33. The van der Waals surface area contributed by atoms with E-state index in [9.17, 15) is 22.8 Å². The summed E-state index contributed by atoms with van der Waals surface area (Å²) in [4.78, 5) is 24.8. The lowest BCUT2D eigenvalue weighted by molar-refractivity contribution is -0.138. The number of carbonyl (C=O) groups is 1. The number of hydrogen-bond donors (Lipinski definition) is 1. The molecule has 0 radical (unpaired) electrons. The number of nitrogens with zero attached hydrogens (tertiary/aromatic N) is 3. The SMILES string of the molecule is COCc1nn(Cc2ccc(Cn3ccccc3=O)cc2)cc1C(=O)NCc1ccccc1C(F)(F)F. The van der Waals surface area contributed by atoms with E-state index < -0.39 is 17.6 Å². The first-order valence-electron chi connectivity index (χ1n) is 11.5. The second-order valence-electron chi connectivity index (χ2n) is 8.44. The highest BCUT2D eigenvalue weighted by Crippen LogP contribution is 2.31. The Kier molecular flexibility index (Phi) is 7.88. The summed E-state index contributed by atoms with van der Waals surface area (Å²) in [6, 6.07) is 17.8. The van der Waals surface area contributed by atoms with Crippen LogP contribution in [0.3, 0.4) is 0 Å². The molecule has 0 atom stereocenters. The van der Waals surface area contributed by atoms with Gasteiger partial charge in [-0.2, -0.15) is 18.3 Å². The largest absolute Gasteiger partial charge is 0.416 e. The molecule has 4 rings (SSSR count). The highest BCUT2D eigenvalue weighted by atomic mass is 19.4. The van der Waals surface area contributed by atoms with Crippen molar-refractivity contribution in [3.8, 4) is 0 Å². The number of benzene rings is 2. The molecule has 0 fully saturated rings. The molecule has 0 aliphatic carbocycles. The van der Waals surface area contributed by atoms with E-state index in [0.29, 0.717) is 18.8 Å². The average Bonchev–Trinajstić information content (AvgIpc) is 3.27. The molecule has 0 saturated heterocycles. The summed E-state index contributed by atoms with van der Waals surface area (Å²) in [6.07, 6.45) is -1.23. The lowest BCUT2D eigenvalue weighted by atomic mass is 10.1. The number of aromatic nitrogens is 3. The zero-order chi connectivity index (χ0) is 26.4. The Balaban J connectivity index is 1.45. The Labute approximate surface area is 211 Å². The maximum absolute atomic E-state index is 13.3. The van der Waals surface area contributed by atoms with Crippen LogP contribution in [0.2, 0.25) is 0 Å². The van der Waals surface area contributed by atoms with Gasteiger partial charge in [0, 0.05) is 32.1 Å². The molecule has 192 valence electrons. The standard InChI is InChI=1S/C27H25F3N4O3/c1-37-18-24-22(26(36)31-14-21-6-2-3-7-23(21)27(28,29)30)17-34(32-24)16-20-11-9-19(10-12-20)15-33-13-5-4-8-25(33)35/h2-13,17H,14-16,18H2,1H3,(H,31,36). The van der Waals surface area contributed by atoms with Gasteiger partial charge in [0.25, 0.3) is 11.5 Å². The molecule has 0 saturated carbocycles. The molecule has 2 heterocycles. The molecule has 0 bridgehead atoms. The van der Waals surface area contributed by atoms with Gasteiger partial charge in [-0.1, -0.05) is 48.5 Å². The Hall–Kier alpha value is -4.18. The molecule has 1 N–H and O–H groups in total. The van der Waals surface area contributed by atoms with Crippen molar-refractivity contribution >= 4 is 5.91 Å². The number of methoxy groups -OCH3 is 1. The van der Waals surface area contributed by atoms with Gasteiger partial charge in [0.2, 0.25) is 0 Å². The molecule has 10 heteroatoms. The van der Waals surface area contributed by atoms with E-state index in [2.05, 4.69) is 10.4 Å². The van der Waals surface area contributed by atoms with Gasteiger partial charge in [-0.3, -0.25) is 14.3 Å². The third-order valence-electron chi connectivity index (χ3n) is 5.75. The van der Waals surface area contributed by atoms with Crippen LogP contribution < -0.4 is 10.9 Å². The average molecular weight is 511 g/mol. The summed E-state index contributed by atoms with van der Waals surface area (Å²) in [7, 11) is 1.47. The number of rotatable bonds is 9. The van der Waals surface area contributed by atoms with E-state index in [-0.39, 0.29) is 29.8 Å². The fourth-order valence-electron chi connectivity index (χ4n) is 3.92. The van der Waals surface area contributed by atoms with Crippen molar-refractivity contribution in [3.05, 3.63) is 123 Å². The highest BCUT2D eigenvalue weighted by molar-refractivity contribution is 5.95. The number of hydrogen-bond acceptors (Lipinski definition) is 4.